The number of nitrogens with zero attached hydrogens (tertiary/aromatic N) is 3. The van der Waals surface area contributed by atoms with Crippen molar-refractivity contribution < 1.29 is 47.3 Å². The van der Waals surface area contributed by atoms with Crippen molar-refractivity contribution in [3.63, 3.8) is 0 Å². The van der Waals surface area contributed by atoms with Crippen molar-refractivity contribution in [2.75, 3.05) is 37.7 Å². The summed E-state index contributed by atoms with van der Waals surface area (Å²) in [7, 11) is -1.45. The van der Waals surface area contributed by atoms with Crippen molar-refractivity contribution >= 4 is 49.8 Å². The van der Waals surface area contributed by atoms with Crippen molar-refractivity contribution in [3.8, 4) is 11.1 Å². The number of benzene rings is 4. The van der Waals surface area contributed by atoms with E-state index in [2.05, 4.69) is 30.3 Å². The average Bonchev–Trinajstić information content (AvgIpc) is 3.72. The van der Waals surface area contributed by atoms with Crippen LogP contribution in [-0.2, 0) is 43.6 Å². The van der Waals surface area contributed by atoms with Crippen LogP contribution >= 0.6 is 11.8 Å². The minimum absolute atomic E-state index is 0.0293. The maximum absolute atomic E-state index is 15.5. The van der Waals surface area contributed by atoms with E-state index in [1.54, 1.807) is 41.4 Å². The van der Waals surface area contributed by atoms with E-state index >= 15 is 9.18 Å². The van der Waals surface area contributed by atoms with Gasteiger partial charge in [-0.05, 0) is 58.8 Å². The largest absolute Gasteiger partial charge is 0.481 e. The Bertz CT molecular complexity index is 2520. The summed E-state index contributed by atoms with van der Waals surface area (Å²) in [6.07, 6.45) is 0.393. The van der Waals surface area contributed by atoms with E-state index in [1.807, 2.05) is 92.1 Å². The normalized spacial score (nSPS) is 12.3. The second kappa shape index (κ2) is 26.7. The minimum Gasteiger partial charge on any atom is -0.481 e. The van der Waals surface area contributed by atoms with E-state index in [4.69, 9.17) is 9.47 Å². The second-order valence-electron chi connectivity index (χ2n) is 19.6. The number of hydrogen-bond acceptors (Lipinski definition) is 8. The van der Waals surface area contributed by atoms with Gasteiger partial charge in [-0.1, -0.05) is 131 Å². The Hall–Kier alpha value is -6.46. The third-order valence-electron chi connectivity index (χ3n) is 11.5. The predicted molar refractivity (Wildman–Crippen MR) is 276 cm³/mol. The van der Waals surface area contributed by atoms with Crippen molar-refractivity contribution in [1.29, 1.82) is 0 Å². The van der Waals surface area contributed by atoms with Crippen LogP contribution in [0.4, 0.5) is 18.4 Å². The number of carboxylic acids is 1. The lowest BCUT2D eigenvalue weighted by molar-refractivity contribution is -0.137. The van der Waals surface area contributed by atoms with Crippen LogP contribution in [0.3, 0.4) is 0 Å². The van der Waals surface area contributed by atoms with Gasteiger partial charge in [0, 0.05) is 69.6 Å². The number of aromatic nitrogens is 1. The van der Waals surface area contributed by atoms with Gasteiger partial charge in [0.2, 0.25) is 11.8 Å². The highest BCUT2D eigenvalue weighted by atomic mass is 32.2. The van der Waals surface area contributed by atoms with E-state index in [9.17, 15) is 28.7 Å². The van der Waals surface area contributed by atoms with Crippen LogP contribution in [0, 0.1) is 17.0 Å². The van der Waals surface area contributed by atoms with Crippen LogP contribution in [0.25, 0.3) is 11.1 Å². The van der Waals surface area contributed by atoms with Crippen molar-refractivity contribution in [2.24, 2.45) is 5.41 Å². The molecule has 13 nitrogen and oxygen atoms in total. The molecule has 4 amide bonds. The summed E-state index contributed by atoms with van der Waals surface area (Å²) in [5.41, 5.74) is 2.83. The number of ether oxygens (including phenoxy) is 2. The number of halogens is 2. The highest BCUT2D eigenvalue weighted by molar-refractivity contribution is 8.00. The number of amides is 4. The summed E-state index contributed by atoms with van der Waals surface area (Å²) in [4.78, 5) is 70.5. The van der Waals surface area contributed by atoms with Crippen LogP contribution in [0.15, 0.2) is 121 Å². The van der Waals surface area contributed by atoms with Crippen molar-refractivity contribution in [3.05, 3.63) is 155 Å². The average molecular weight is 1010 g/mol. The van der Waals surface area contributed by atoms with Crippen molar-refractivity contribution in [2.45, 2.75) is 91.1 Å². The Balaban J connectivity index is 1.49. The summed E-state index contributed by atoms with van der Waals surface area (Å²) in [5.74, 6) is -3.53. The zero-order valence-corrected chi connectivity index (χ0v) is 43.3. The molecule has 2 unspecified atom stereocenters. The number of hydrogen-bond donors (Lipinski definition) is 3. The number of alkyl carbamates (subject to hydrolysis) is 1. The SMILES string of the molecule is CC(C)(C)C(c1cc(-c2cc(F)ccc2F)cn1Cc1ccccc1)N(CCCNC(=O)OCC[Si](C)(C)C)C(=O)CSCC(C(=O)NCCC(=O)O)N(Cc1ccccc1)C(=O)OCc1ccccc1. The molecule has 3 N–H and O–H groups in total. The maximum Gasteiger partial charge on any atom is 0.411 e. The summed E-state index contributed by atoms with van der Waals surface area (Å²) in [6, 6.07) is 31.8. The smallest absolute Gasteiger partial charge is 0.411 e. The van der Waals surface area contributed by atoms with Gasteiger partial charge in [-0.25, -0.2) is 18.4 Å². The molecule has 1 aromatic heterocycles. The molecule has 0 aliphatic carbocycles. The number of carbonyl (C=O) groups excluding carboxylic acids is 4. The molecule has 17 heteroatoms. The first kappa shape index (κ1) is 55.5. The molecular weight excluding hydrogens is 945 g/mol. The molecule has 5 aromatic rings. The van der Waals surface area contributed by atoms with Gasteiger partial charge in [0.25, 0.3) is 0 Å². The van der Waals surface area contributed by atoms with E-state index in [0.29, 0.717) is 36.4 Å². The van der Waals surface area contributed by atoms with Crippen LogP contribution in [0.2, 0.25) is 25.7 Å². The summed E-state index contributed by atoms with van der Waals surface area (Å²) in [6.45, 7) is 13.2. The first-order valence-corrected chi connectivity index (χ1v) is 28.6. The highest BCUT2D eigenvalue weighted by Crippen LogP contribution is 2.41. The molecular formula is C54H67F2N5O8SSi. The first-order chi connectivity index (χ1) is 33.8. The molecule has 0 aliphatic heterocycles. The van der Waals surface area contributed by atoms with Gasteiger partial charge in [0.05, 0.1) is 24.8 Å². The molecule has 0 aliphatic rings. The molecule has 380 valence electrons. The van der Waals surface area contributed by atoms with Gasteiger partial charge in [-0.2, -0.15) is 0 Å². The van der Waals surface area contributed by atoms with Crippen molar-refractivity contribution in [1.82, 2.24) is 25.0 Å². The Kier molecular flexibility index (Phi) is 20.8. The van der Waals surface area contributed by atoms with Gasteiger partial charge >= 0.3 is 18.2 Å². The van der Waals surface area contributed by atoms with Gasteiger partial charge in [0.1, 0.15) is 24.3 Å². The third kappa shape index (κ3) is 18.0. The van der Waals surface area contributed by atoms with Gasteiger partial charge < -0.3 is 34.7 Å². The zero-order valence-electron chi connectivity index (χ0n) is 41.5. The molecule has 0 bridgehead atoms. The molecule has 0 saturated carbocycles. The Labute approximate surface area is 421 Å². The molecule has 0 spiro atoms. The third-order valence-corrected chi connectivity index (χ3v) is 14.2. The summed E-state index contributed by atoms with van der Waals surface area (Å²) >= 11 is 1.13. The summed E-state index contributed by atoms with van der Waals surface area (Å²) in [5, 5.41) is 14.9. The van der Waals surface area contributed by atoms with E-state index in [1.165, 1.54) is 4.90 Å². The highest BCUT2D eigenvalue weighted by Gasteiger charge is 2.38. The van der Waals surface area contributed by atoms with E-state index in [0.717, 1.165) is 47.1 Å². The van der Waals surface area contributed by atoms with Gasteiger partial charge in [0.15, 0.2) is 0 Å². The van der Waals surface area contributed by atoms with Crippen LogP contribution in [-0.4, -0.2) is 101 Å². The Morgan fingerprint density at radius 3 is 2.04 bits per heavy atom. The second-order valence-corrected chi connectivity index (χ2v) is 26.2. The van der Waals surface area contributed by atoms with E-state index < -0.39 is 61.3 Å². The first-order valence-electron chi connectivity index (χ1n) is 23.8. The fraction of sp³-hybridized carbons (Fsp3) is 0.389. The zero-order chi connectivity index (χ0) is 51.6. The Morgan fingerprint density at radius 1 is 0.789 bits per heavy atom. The molecule has 0 radical (unpaired) electrons. The topological polar surface area (TPSA) is 160 Å². The maximum atomic E-state index is 15.5. The van der Waals surface area contributed by atoms with E-state index in [-0.39, 0.29) is 62.2 Å². The predicted octanol–water partition coefficient (Wildman–Crippen LogP) is 10.4. The fourth-order valence-corrected chi connectivity index (χ4v) is 9.62. The lowest BCUT2D eigenvalue weighted by Crippen LogP contribution is -2.51. The van der Waals surface area contributed by atoms with Gasteiger partial charge in [-0.3, -0.25) is 19.3 Å². The van der Waals surface area contributed by atoms with Crippen LogP contribution in [0.1, 0.15) is 62.0 Å². The molecule has 1 heterocycles. The molecule has 2 atom stereocenters. The quantitative estimate of drug-likeness (QED) is 0.0382. The van der Waals surface area contributed by atoms with Crippen LogP contribution in [0.5, 0.6) is 0 Å². The molecule has 0 saturated heterocycles. The number of aliphatic carboxylic acids is 1. The monoisotopic (exact) mass is 1010 g/mol. The summed E-state index contributed by atoms with van der Waals surface area (Å²) < 4.78 is 43.4. The number of rotatable bonds is 25. The lowest BCUT2D eigenvalue weighted by Gasteiger charge is -2.41. The number of nitrogens with one attached hydrogen (secondary N) is 2. The lowest BCUT2D eigenvalue weighted by atomic mass is 9.83. The van der Waals surface area contributed by atoms with Gasteiger partial charge in [-0.15, -0.1) is 11.8 Å². The molecule has 71 heavy (non-hydrogen) atoms. The molecule has 0 fully saturated rings. The number of thioether (sulfide) groups is 1. The number of carboxylic acid groups (broad SMARTS) is 1. The molecule has 4 aromatic carbocycles. The minimum atomic E-state index is -1.45. The number of carbonyl (C=O) groups is 5. The van der Waals surface area contributed by atoms with Crippen LogP contribution < -0.4 is 10.6 Å². The molecule has 5 rings (SSSR count). The standard InChI is InChI=1S/C54H67F2N5O8SSi/c1-54(2,3)50(46-31-42(44-32-43(55)23-24-45(44)56)35-59(46)33-39-17-10-7-11-18-39)60(28-16-26-58-52(66)68-29-30-71(4,5)6)48(62)38-70-37-47(51(65)57-27-25-49(63)64)61(34-40-19-12-8-13-20-40)53(67)69-36-41-21-14-9-15-22-41/h7-15,17-24,31-32,35,47,50H,16,25-30,33-34,36-38H2,1-6H3,(H,57,65)(H,58,66)(H,63,64). The Morgan fingerprint density at radius 2 is 1.42 bits per heavy atom. The fourth-order valence-electron chi connectivity index (χ4n) is 7.89.